The van der Waals surface area contributed by atoms with E-state index in [0.29, 0.717) is 0 Å². The summed E-state index contributed by atoms with van der Waals surface area (Å²) in [6.45, 7) is 13.3. The molecule has 0 aliphatic heterocycles. The van der Waals surface area contributed by atoms with Gasteiger partial charge >= 0.3 is 0 Å². The van der Waals surface area contributed by atoms with E-state index in [-0.39, 0.29) is 0 Å². The van der Waals surface area contributed by atoms with Crippen molar-refractivity contribution in [2.24, 2.45) is 5.92 Å². The first-order valence-corrected chi connectivity index (χ1v) is 11.8. The van der Waals surface area contributed by atoms with Gasteiger partial charge in [-0.1, -0.05) is 101 Å². The highest BCUT2D eigenvalue weighted by molar-refractivity contribution is 5.70. The summed E-state index contributed by atoms with van der Waals surface area (Å²) in [5.41, 5.74) is 9.25. The molecule has 0 amide bonds. The second-order valence-electron chi connectivity index (χ2n) is 8.88. The molecular formula is C30H38. The van der Waals surface area contributed by atoms with Crippen LogP contribution in [0.4, 0.5) is 0 Å². The van der Waals surface area contributed by atoms with Crippen LogP contribution in [0.5, 0.6) is 0 Å². The van der Waals surface area contributed by atoms with Crippen molar-refractivity contribution in [3.8, 4) is 0 Å². The van der Waals surface area contributed by atoms with E-state index in [1.807, 2.05) is 0 Å². The molecule has 1 unspecified atom stereocenters. The highest BCUT2D eigenvalue weighted by Gasteiger charge is 2.09. The molecule has 0 saturated heterocycles. The summed E-state index contributed by atoms with van der Waals surface area (Å²) in [5, 5.41) is 0. The molecular weight excluding hydrogens is 360 g/mol. The lowest BCUT2D eigenvalue weighted by atomic mass is 9.92. The molecule has 0 aromatic heterocycles. The maximum absolute atomic E-state index is 4.35. The molecule has 0 N–H and O–H groups in total. The van der Waals surface area contributed by atoms with Gasteiger partial charge in [0.25, 0.3) is 0 Å². The highest BCUT2D eigenvalue weighted by Crippen LogP contribution is 2.27. The third-order valence-corrected chi connectivity index (χ3v) is 6.63. The van der Waals surface area contributed by atoms with Crippen LogP contribution in [0, 0.1) is 5.92 Å². The number of aryl methyl sites for hydroxylation is 1. The van der Waals surface area contributed by atoms with Crippen LogP contribution in [0.3, 0.4) is 0 Å². The van der Waals surface area contributed by atoms with Crippen molar-refractivity contribution in [1.29, 1.82) is 0 Å². The lowest BCUT2D eigenvalue weighted by Crippen LogP contribution is -1.98. The second kappa shape index (κ2) is 11.2. The molecule has 2 aromatic carbocycles. The normalized spacial score (nSPS) is 13.3. The molecule has 0 radical (unpaired) electrons. The van der Waals surface area contributed by atoms with Crippen molar-refractivity contribution in [2.75, 3.05) is 0 Å². The van der Waals surface area contributed by atoms with Crippen LogP contribution >= 0.6 is 0 Å². The molecule has 1 aliphatic carbocycles. The van der Waals surface area contributed by atoms with Crippen molar-refractivity contribution in [1.82, 2.24) is 0 Å². The topological polar surface area (TPSA) is 0 Å². The minimum absolute atomic E-state index is 0.889. The zero-order chi connectivity index (χ0) is 21.3. The van der Waals surface area contributed by atoms with Crippen molar-refractivity contribution in [3.05, 3.63) is 89.5 Å². The third-order valence-electron chi connectivity index (χ3n) is 6.63. The largest absolute Gasteiger partial charge is 0.0952 e. The van der Waals surface area contributed by atoms with Gasteiger partial charge in [0, 0.05) is 0 Å². The quantitative estimate of drug-likeness (QED) is 0.335. The Bertz CT molecular complexity index is 879. The Morgan fingerprint density at radius 2 is 1.63 bits per heavy atom. The van der Waals surface area contributed by atoms with Gasteiger partial charge in [0.1, 0.15) is 0 Å². The van der Waals surface area contributed by atoms with Crippen LogP contribution in [0.25, 0.3) is 17.2 Å². The molecule has 2 aromatic rings. The van der Waals surface area contributed by atoms with Gasteiger partial charge in [0.2, 0.25) is 0 Å². The SMILES string of the molecule is C=C(CCCC(CC)CCC)c1ccc(CCC(=C)c2ccc3c(c2)C=CC3)cc1. The van der Waals surface area contributed by atoms with E-state index in [4.69, 9.17) is 0 Å². The number of hydrogen-bond acceptors (Lipinski definition) is 0. The first-order chi connectivity index (χ1) is 14.6. The van der Waals surface area contributed by atoms with Crippen LogP contribution < -0.4 is 0 Å². The van der Waals surface area contributed by atoms with Crippen molar-refractivity contribution in [3.63, 3.8) is 0 Å². The van der Waals surface area contributed by atoms with Crippen LogP contribution in [-0.4, -0.2) is 0 Å². The summed E-state index contributed by atoms with van der Waals surface area (Å²) < 4.78 is 0. The van der Waals surface area contributed by atoms with Crippen molar-refractivity contribution in [2.45, 2.75) is 71.6 Å². The minimum atomic E-state index is 0.889. The Morgan fingerprint density at radius 3 is 2.37 bits per heavy atom. The van der Waals surface area contributed by atoms with E-state index >= 15 is 0 Å². The first kappa shape index (κ1) is 22.3. The van der Waals surface area contributed by atoms with Crippen LogP contribution in [-0.2, 0) is 12.8 Å². The Kier molecular flexibility index (Phi) is 8.31. The van der Waals surface area contributed by atoms with Gasteiger partial charge in [-0.05, 0) is 83.1 Å². The molecule has 0 nitrogen and oxygen atoms in total. The fourth-order valence-electron chi connectivity index (χ4n) is 4.52. The molecule has 0 heteroatoms. The van der Waals surface area contributed by atoms with Crippen molar-refractivity contribution >= 4 is 17.2 Å². The fraction of sp³-hybridized carbons (Fsp3) is 0.400. The maximum Gasteiger partial charge on any atom is -0.00882 e. The molecule has 1 aliphatic rings. The molecule has 3 rings (SSSR count). The predicted octanol–water partition coefficient (Wildman–Crippen LogP) is 8.91. The molecule has 0 saturated carbocycles. The van der Waals surface area contributed by atoms with Crippen molar-refractivity contribution < 1.29 is 0 Å². The zero-order valence-electron chi connectivity index (χ0n) is 19.1. The number of hydrogen-bond donors (Lipinski definition) is 0. The van der Waals surface area contributed by atoms with E-state index in [9.17, 15) is 0 Å². The minimum Gasteiger partial charge on any atom is -0.0952 e. The summed E-state index contributed by atoms with van der Waals surface area (Å²) in [6, 6.07) is 15.8. The lowest BCUT2D eigenvalue weighted by Gasteiger charge is -2.14. The average molecular weight is 399 g/mol. The Hall–Kier alpha value is -2.34. The third kappa shape index (κ3) is 6.08. The standard InChI is InChI=1S/C30H38/c1-5-9-25(6-2)11-7-10-23(3)27-18-16-26(17-19-27)15-14-24(4)29-21-20-28-12-8-13-30(28)22-29/h8,13,16-22,25H,3-7,9-12,14-15H2,1-2H3. The summed E-state index contributed by atoms with van der Waals surface area (Å²) in [6.07, 6.45) is 15.2. The number of fused-ring (bicyclic) bond motifs is 1. The summed E-state index contributed by atoms with van der Waals surface area (Å²) in [5.74, 6) is 0.889. The van der Waals surface area contributed by atoms with E-state index in [1.54, 1.807) is 0 Å². The Balaban J connectivity index is 1.46. The number of rotatable bonds is 12. The van der Waals surface area contributed by atoms with E-state index in [0.717, 1.165) is 31.6 Å². The van der Waals surface area contributed by atoms with E-state index in [2.05, 4.69) is 81.6 Å². The molecule has 30 heavy (non-hydrogen) atoms. The summed E-state index contributed by atoms with van der Waals surface area (Å²) in [4.78, 5) is 0. The van der Waals surface area contributed by atoms with Gasteiger partial charge in [-0.15, -0.1) is 0 Å². The first-order valence-electron chi connectivity index (χ1n) is 11.8. The molecule has 0 fully saturated rings. The summed E-state index contributed by atoms with van der Waals surface area (Å²) >= 11 is 0. The smallest absolute Gasteiger partial charge is 0.00882 e. The maximum atomic E-state index is 4.35. The number of allylic oxidation sites excluding steroid dienone is 3. The molecule has 1 atom stereocenters. The monoisotopic (exact) mass is 398 g/mol. The van der Waals surface area contributed by atoms with Gasteiger partial charge < -0.3 is 0 Å². The Labute approximate surface area is 184 Å². The zero-order valence-corrected chi connectivity index (χ0v) is 19.1. The van der Waals surface area contributed by atoms with E-state index < -0.39 is 0 Å². The summed E-state index contributed by atoms with van der Waals surface area (Å²) in [7, 11) is 0. The van der Waals surface area contributed by atoms with Crippen LogP contribution in [0.2, 0.25) is 0 Å². The van der Waals surface area contributed by atoms with Crippen LogP contribution in [0.15, 0.2) is 61.7 Å². The van der Waals surface area contributed by atoms with Gasteiger partial charge in [0.15, 0.2) is 0 Å². The van der Waals surface area contributed by atoms with Gasteiger partial charge in [-0.25, -0.2) is 0 Å². The number of benzene rings is 2. The molecule has 0 bridgehead atoms. The molecule has 0 heterocycles. The second-order valence-corrected chi connectivity index (χ2v) is 8.88. The predicted molar refractivity (Wildman–Crippen MR) is 135 cm³/mol. The Morgan fingerprint density at radius 1 is 0.900 bits per heavy atom. The van der Waals surface area contributed by atoms with E-state index in [1.165, 1.54) is 71.1 Å². The van der Waals surface area contributed by atoms with Crippen LogP contribution in [0.1, 0.15) is 86.6 Å². The molecule has 0 spiro atoms. The van der Waals surface area contributed by atoms with Gasteiger partial charge in [-0.3, -0.25) is 0 Å². The average Bonchev–Trinajstić information content (AvgIpc) is 3.25. The van der Waals surface area contributed by atoms with Gasteiger partial charge in [0.05, 0.1) is 0 Å². The molecule has 158 valence electrons. The highest BCUT2D eigenvalue weighted by atomic mass is 14.1. The lowest BCUT2D eigenvalue weighted by molar-refractivity contribution is 0.422. The fourth-order valence-corrected chi connectivity index (χ4v) is 4.52. The van der Waals surface area contributed by atoms with Gasteiger partial charge in [-0.2, -0.15) is 0 Å².